The van der Waals surface area contributed by atoms with Gasteiger partial charge in [-0.1, -0.05) is 56.2 Å². The molecule has 5 rings (SSSR count). The van der Waals surface area contributed by atoms with Gasteiger partial charge >= 0.3 is 6.03 Å². The first-order valence-corrected chi connectivity index (χ1v) is 16.8. The first kappa shape index (κ1) is 33.4. The lowest BCUT2D eigenvalue weighted by Crippen LogP contribution is -2.61. The molecule has 2 heterocycles. The quantitative estimate of drug-likeness (QED) is 0.286. The van der Waals surface area contributed by atoms with E-state index < -0.39 is 6.29 Å². The lowest BCUT2D eigenvalue weighted by molar-refractivity contribution is -0.278. The van der Waals surface area contributed by atoms with Crippen molar-refractivity contribution < 1.29 is 24.2 Å². The van der Waals surface area contributed by atoms with Crippen molar-refractivity contribution in [2.24, 2.45) is 11.8 Å². The maximum Gasteiger partial charge on any atom is 0.319 e. The number of piperidine rings is 1. The van der Waals surface area contributed by atoms with Crippen LogP contribution in [0.25, 0.3) is 0 Å². The van der Waals surface area contributed by atoms with Gasteiger partial charge in [0.2, 0.25) is 5.91 Å². The Bertz CT molecular complexity index is 1300. The van der Waals surface area contributed by atoms with E-state index in [4.69, 9.17) is 9.47 Å². The molecule has 3 fully saturated rings. The largest absolute Gasteiger partial charge is 0.392 e. The van der Waals surface area contributed by atoms with E-state index in [0.29, 0.717) is 30.7 Å². The van der Waals surface area contributed by atoms with E-state index >= 15 is 0 Å². The minimum atomic E-state index is -0.668. The molecule has 1 saturated carbocycles. The van der Waals surface area contributed by atoms with Crippen LogP contribution in [-0.4, -0.2) is 58.8 Å². The van der Waals surface area contributed by atoms with E-state index in [0.717, 1.165) is 36.0 Å². The van der Waals surface area contributed by atoms with Crippen LogP contribution in [0.2, 0.25) is 0 Å². The Balaban J connectivity index is 1.46. The summed E-state index contributed by atoms with van der Waals surface area (Å²) in [5.41, 5.74) is 3.03. The van der Waals surface area contributed by atoms with Gasteiger partial charge in [0, 0.05) is 41.8 Å². The van der Waals surface area contributed by atoms with E-state index in [9.17, 15) is 14.7 Å². The number of nitrogens with zero attached hydrogens (tertiary/aromatic N) is 1. The molecule has 246 valence electrons. The lowest BCUT2D eigenvalue weighted by atomic mass is 9.75. The minimum absolute atomic E-state index is 0.00633. The third-order valence-electron chi connectivity index (χ3n) is 9.58. The molecule has 2 aliphatic heterocycles. The second-order valence-electron chi connectivity index (χ2n) is 14.1. The Morgan fingerprint density at radius 3 is 2.44 bits per heavy atom. The number of aliphatic hydroxyl groups excluding tert-OH is 1. The molecule has 45 heavy (non-hydrogen) atoms. The Morgan fingerprint density at radius 1 is 0.978 bits per heavy atom. The van der Waals surface area contributed by atoms with Gasteiger partial charge in [-0.3, -0.25) is 9.69 Å². The summed E-state index contributed by atoms with van der Waals surface area (Å²) in [6.45, 7) is 11.3. The zero-order chi connectivity index (χ0) is 32.1. The molecule has 0 aromatic heterocycles. The number of aliphatic hydroxyl groups is 1. The zero-order valence-electron chi connectivity index (χ0n) is 27.6. The topological polar surface area (TPSA) is 112 Å². The predicted molar refractivity (Wildman–Crippen MR) is 175 cm³/mol. The summed E-state index contributed by atoms with van der Waals surface area (Å²) in [6.07, 6.45) is 5.55. The van der Waals surface area contributed by atoms with Crippen molar-refractivity contribution in [3.63, 3.8) is 0 Å². The van der Waals surface area contributed by atoms with Gasteiger partial charge in [0.15, 0.2) is 6.29 Å². The molecule has 3 amide bonds. The number of rotatable bonds is 8. The molecule has 1 aliphatic carbocycles. The van der Waals surface area contributed by atoms with Crippen molar-refractivity contribution >= 4 is 17.6 Å². The fourth-order valence-electron chi connectivity index (χ4n) is 7.36. The number of anilines is 1. The van der Waals surface area contributed by atoms with Crippen LogP contribution >= 0.6 is 0 Å². The molecule has 9 nitrogen and oxygen atoms in total. The second-order valence-corrected chi connectivity index (χ2v) is 14.1. The zero-order valence-corrected chi connectivity index (χ0v) is 27.6. The number of hydrogen-bond acceptors (Lipinski definition) is 6. The van der Waals surface area contributed by atoms with Gasteiger partial charge in [-0.25, -0.2) is 4.79 Å². The number of urea groups is 1. The molecule has 2 aromatic rings. The number of carbonyl (C=O) groups excluding carboxylic acids is 2. The molecule has 0 spiro atoms. The number of ether oxygens (including phenoxy) is 2. The number of amides is 3. The van der Waals surface area contributed by atoms with Gasteiger partial charge in [-0.05, 0) is 82.6 Å². The smallest absolute Gasteiger partial charge is 0.319 e. The summed E-state index contributed by atoms with van der Waals surface area (Å²) in [6, 6.07) is 15.4. The Morgan fingerprint density at radius 2 is 1.73 bits per heavy atom. The standard InChI is InChI=1S/C36H52N4O5/c1-6-37-35(43)38-28-12-9-11-27(20-28)34-44-31(23(2)32(45-34)26-16-14-24(22-41)15-17-26)21-40-29-13-8-7-10-25(29)18-19-30(40)33(42)39-36(3,4)5/h9,11-12,14-17,20,23,25,29-32,34,41H,6-8,10,13,18-19,21-22H2,1-5H3,(H,39,42)(H2,37,38,43)/t23-,25-,29-,30-,31+,32+,34+/m1/s1. The highest BCUT2D eigenvalue weighted by Crippen LogP contribution is 2.44. The third-order valence-corrected chi connectivity index (χ3v) is 9.58. The molecule has 9 heteroatoms. The van der Waals surface area contributed by atoms with E-state index in [1.54, 1.807) is 0 Å². The fourth-order valence-corrected chi connectivity index (χ4v) is 7.36. The molecule has 7 atom stereocenters. The Labute approximate surface area is 268 Å². The van der Waals surface area contributed by atoms with Crippen LogP contribution in [0.4, 0.5) is 10.5 Å². The van der Waals surface area contributed by atoms with Crippen molar-refractivity contribution in [2.75, 3.05) is 18.4 Å². The molecular weight excluding hydrogens is 568 g/mol. The molecule has 0 radical (unpaired) electrons. The average Bonchev–Trinajstić information content (AvgIpc) is 3.01. The molecule has 0 unspecified atom stereocenters. The van der Waals surface area contributed by atoms with Gasteiger partial charge < -0.3 is 30.5 Å². The number of fused-ring (bicyclic) bond motifs is 1. The van der Waals surface area contributed by atoms with E-state index in [2.05, 4.69) is 27.8 Å². The normalized spacial score (nSPS) is 29.0. The third kappa shape index (κ3) is 8.25. The van der Waals surface area contributed by atoms with Crippen molar-refractivity contribution in [3.05, 3.63) is 65.2 Å². The van der Waals surface area contributed by atoms with Crippen LogP contribution in [0.3, 0.4) is 0 Å². The van der Waals surface area contributed by atoms with E-state index in [-0.39, 0.29) is 48.3 Å². The molecule has 2 saturated heterocycles. The number of nitrogens with one attached hydrogen (secondary N) is 3. The summed E-state index contributed by atoms with van der Waals surface area (Å²) < 4.78 is 13.5. The van der Waals surface area contributed by atoms with Crippen LogP contribution in [0.5, 0.6) is 0 Å². The highest BCUT2D eigenvalue weighted by Gasteiger charge is 2.46. The van der Waals surface area contributed by atoms with Crippen molar-refractivity contribution in [3.8, 4) is 0 Å². The lowest BCUT2D eigenvalue weighted by Gasteiger charge is -2.51. The van der Waals surface area contributed by atoms with Gasteiger partial charge in [0.25, 0.3) is 0 Å². The number of carbonyl (C=O) groups is 2. The molecule has 2 aromatic carbocycles. The van der Waals surface area contributed by atoms with Gasteiger partial charge in [0.1, 0.15) is 0 Å². The van der Waals surface area contributed by atoms with Crippen molar-refractivity contribution in [1.29, 1.82) is 0 Å². The van der Waals surface area contributed by atoms with Gasteiger partial charge in [-0.15, -0.1) is 0 Å². The number of hydrogen-bond donors (Lipinski definition) is 4. The second kappa shape index (κ2) is 14.6. The van der Waals surface area contributed by atoms with E-state index in [1.165, 1.54) is 19.3 Å². The van der Waals surface area contributed by atoms with Gasteiger partial charge in [-0.2, -0.15) is 0 Å². The molecule has 3 aliphatic rings. The number of likely N-dealkylation sites (tertiary alicyclic amines) is 1. The Hall–Kier alpha value is -2.98. The summed E-state index contributed by atoms with van der Waals surface area (Å²) in [7, 11) is 0. The summed E-state index contributed by atoms with van der Waals surface area (Å²) in [4.78, 5) is 28.5. The first-order valence-electron chi connectivity index (χ1n) is 16.8. The van der Waals surface area contributed by atoms with E-state index in [1.807, 2.05) is 76.2 Å². The van der Waals surface area contributed by atoms with Crippen LogP contribution in [0.15, 0.2) is 48.5 Å². The minimum Gasteiger partial charge on any atom is -0.392 e. The van der Waals surface area contributed by atoms with Crippen molar-refractivity contribution in [1.82, 2.24) is 15.5 Å². The Kier molecular flexibility index (Phi) is 10.9. The monoisotopic (exact) mass is 620 g/mol. The van der Waals surface area contributed by atoms with Gasteiger partial charge in [0.05, 0.1) is 24.9 Å². The molecule has 4 N–H and O–H groups in total. The molecule has 0 bridgehead atoms. The summed E-state index contributed by atoms with van der Waals surface area (Å²) in [5.74, 6) is 0.693. The SMILES string of the molecule is CCNC(=O)Nc1cccc([C@H]2O[C@@H](CN3[C@@H](C(=O)NC(C)(C)C)CC[C@H]4CCCC[C@H]43)[C@@H](C)[C@@H](c3ccc(CO)cc3)O2)c1. The van der Waals surface area contributed by atoms with Crippen LogP contribution in [-0.2, 0) is 20.9 Å². The molecular formula is C36H52N4O5. The predicted octanol–water partition coefficient (Wildman–Crippen LogP) is 6.05. The van der Waals surface area contributed by atoms with Crippen LogP contribution in [0.1, 0.15) is 102 Å². The summed E-state index contributed by atoms with van der Waals surface area (Å²) >= 11 is 0. The van der Waals surface area contributed by atoms with Crippen molar-refractivity contribution in [2.45, 2.75) is 116 Å². The van der Waals surface area contributed by atoms with Crippen LogP contribution < -0.4 is 16.0 Å². The summed E-state index contributed by atoms with van der Waals surface area (Å²) in [5, 5.41) is 18.6. The maximum absolute atomic E-state index is 13.7. The highest BCUT2D eigenvalue weighted by atomic mass is 16.7. The number of benzene rings is 2. The first-order chi connectivity index (χ1) is 21.6. The average molecular weight is 621 g/mol. The van der Waals surface area contributed by atoms with Crippen LogP contribution in [0, 0.1) is 11.8 Å². The highest BCUT2D eigenvalue weighted by molar-refractivity contribution is 5.89. The maximum atomic E-state index is 13.7. The fraction of sp³-hybridized carbons (Fsp3) is 0.611.